The first kappa shape index (κ1) is 48.7. The second-order valence-corrected chi connectivity index (χ2v) is 14.1. The Bertz CT molecular complexity index is 1350. The van der Waals surface area contributed by atoms with E-state index in [-0.39, 0.29) is 37.1 Å². The summed E-state index contributed by atoms with van der Waals surface area (Å²) >= 11 is 1.82. The molecule has 1 aliphatic carbocycles. The van der Waals surface area contributed by atoms with E-state index >= 15 is 0 Å². The third-order valence-corrected chi connectivity index (χ3v) is 11.6. The van der Waals surface area contributed by atoms with Gasteiger partial charge in [0.2, 0.25) is 0 Å². The average Bonchev–Trinajstić information content (AvgIpc) is 3.74. The van der Waals surface area contributed by atoms with E-state index in [0.717, 1.165) is 6.42 Å². The molecule has 1 aliphatic rings. The Hall–Kier alpha value is -3.43. The van der Waals surface area contributed by atoms with Gasteiger partial charge in [0.1, 0.15) is 0 Å². The largest absolute Gasteiger partial charge is 0.0622 e. The molecule has 0 atom stereocenters. The molecule has 0 aliphatic heterocycles. The summed E-state index contributed by atoms with van der Waals surface area (Å²) in [6, 6.07) is 64.7. The predicted molar refractivity (Wildman–Crippen MR) is 230 cm³/mol. The number of allylic oxidation sites excluding steroid dienone is 4. The molecule has 0 amide bonds. The van der Waals surface area contributed by atoms with Crippen molar-refractivity contribution in [2.75, 3.05) is 0 Å². The first-order valence-electron chi connectivity index (χ1n) is 14.7. The summed E-state index contributed by atoms with van der Waals surface area (Å²) in [5, 5.41) is 8.39. The molecular weight excluding hydrogens is 751 g/mol. The van der Waals surface area contributed by atoms with E-state index in [9.17, 15) is 0 Å². The maximum absolute atomic E-state index is 4.57. The van der Waals surface area contributed by atoms with Crippen molar-refractivity contribution in [3.8, 4) is 0 Å². The summed E-state index contributed by atoms with van der Waals surface area (Å²) < 4.78 is 0. The standard InChI is InChI=1S/2C18H15P.C5H5.5CH3.ClH.Ru/c2*1-4-10-16(11-5-1)19(17-12-6-2-7-13-17)18-14-8-3-9-15-18;1-2-4-5-3-1;;;;;;;/h2*1-15H;1-3H,4H2;5*1H3;1H;/q;;6*-1;;+1/p-1. The zero-order chi connectivity index (χ0) is 31.4. The predicted octanol–water partition coefficient (Wildman–Crippen LogP) is 11.1. The summed E-state index contributed by atoms with van der Waals surface area (Å²) in [4.78, 5) is 0. The van der Waals surface area contributed by atoms with Gasteiger partial charge in [0.15, 0.2) is 0 Å². The van der Waals surface area contributed by atoms with Crippen LogP contribution in [0.4, 0.5) is 0 Å². The van der Waals surface area contributed by atoms with Gasteiger partial charge < -0.3 is 37.1 Å². The first-order chi connectivity index (χ1) is 22.4. The van der Waals surface area contributed by atoms with Crippen LogP contribution in [-0.4, -0.2) is 0 Å². The first-order valence-corrected chi connectivity index (χ1v) is 19.6. The minimum Gasteiger partial charge on any atom is -0.0622 e. The molecule has 7 rings (SSSR count). The van der Waals surface area contributed by atoms with Gasteiger partial charge in [-0.3, -0.25) is 6.08 Å². The molecule has 0 heterocycles. The molecule has 0 saturated heterocycles. The maximum Gasteiger partial charge on any atom is -0.0134 e. The quantitative estimate of drug-likeness (QED) is 0.0894. The fourth-order valence-electron chi connectivity index (χ4n) is 4.70. The van der Waals surface area contributed by atoms with Crippen LogP contribution in [0, 0.1) is 43.2 Å². The topological polar surface area (TPSA) is 0 Å². The van der Waals surface area contributed by atoms with E-state index in [1.807, 2.05) is 29.5 Å². The number of hydrogen-bond acceptors (Lipinski definition) is 0. The molecule has 4 heteroatoms. The van der Waals surface area contributed by atoms with Crippen molar-refractivity contribution in [3.05, 3.63) is 243 Å². The Kier molecular flexibility index (Phi) is 28.5. The molecule has 50 heavy (non-hydrogen) atoms. The number of halogens is 1. The van der Waals surface area contributed by atoms with E-state index in [2.05, 4.69) is 204 Å². The van der Waals surface area contributed by atoms with Crippen LogP contribution in [0.25, 0.3) is 0 Å². The second kappa shape index (κ2) is 29.3. The van der Waals surface area contributed by atoms with Crippen molar-refractivity contribution in [1.29, 1.82) is 0 Å². The van der Waals surface area contributed by atoms with Gasteiger partial charge in [-0.25, -0.2) is 12.2 Å². The van der Waals surface area contributed by atoms with Crippen molar-refractivity contribution in [3.63, 3.8) is 0 Å². The van der Waals surface area contributed by atoms with E-state index < -0.39 is 15.8 Å². The molecule has 0 N–H and O–H groups in total. The van der Waals surface area contributed by atoms with Crippen molar-refractivity contribution in [1.82, 2.24) is 0 Å². The van der Waals surface area contributed by atoms with Crippen LogP contribution in [0.2, 0.25) is 0 Å². The molecule has 0 spiro atoms. The van der Waals surface area contributed by atoms with Crippen LogP contribution in [0.15, 0.2) is 200 Å². The van der Waals surface area contributed by atoms with Crippen LogP contribution < -0.4 is 31.8 Å². The molecule has 0 aromatic heterocycles. The van der Waals surface area contributed by atoms with E-state index in [1.54, 1.807) is 0 Å². The number of rotatable bonds is 6. The van der Waals surface area contributed by atoms with E-state index in [0.29, 0.717) is 0 Å². The van der Waals surface area contributed by atoms with Gasteiger partial charge in [0.25, 0.3) is 0 Å². The summed E-state index contributed by atoms with van der Waals surface area (Å²) in [6.07, 6.45) is 10.0. The second-order valence-electron chi connectivity index (χ2n) is 9.69. The van der Waals surface area contributed by atoms with Crippen LogP contribution in [0.1, 0.15) is 6.42 Å². The van der Waals surface area contributed by atoms with Crippen LogP contribution in [0.5, 0.6) is 0 Å². The van der Waals surface area contributed by atoms with Crippen molar-refractivity contribution in [2.45, 2.75) is 6.42 Å². The van der Waals surface area contributed by atoms with E-state index in [1.165, 1.54) is 31.8 Å². The molecule has 0 nitrogen and oxygen atoms in total. The van der Waals surface area contributed by atoms with Crippen LogP contribution >= 0.6 is 25.5 Å². The molecule has 6 aromatic rings. The van der Waals surface area contributed by atoms with Gasteiger partial charge in [-0.15, -0.1) is 6.42 Å². The zero-order valence-corrected chi connectivity index (χ0v) is 34.2. The number of benzene rings is 6. The van der Waals surface area contributed by atoms with E-state index in [4.69, 9.17) is 0 Å². The van der Waals surface area contributed by atoms with Crippen molar-refractivity contribution >= 4 is 57.4 Å². The van der Waals surface area contributed by atoms with Gasteiger partial charge in [0.05, 0.1) is 0 Å². The fraction of sp³-hybridized carbons (Fsp3) is 0.0217. The smallest absolute Gasteiger partial charge is 0.0134 e. The molecule has 0 fully saturated rings. The number of hydrogen-bond donors (Lipinski definition) is 0. The third-order valence-electron chi connectivity index (χ3n) is 6.67. The van der Waals surface area contributed by atoms with Gasteiger partial charge in [-0.1, -0.05) is 182 Å². The van der Waals surface area contributed by atoms with Crippen LogP contribution in [-0.2, 0) is 17.3 Å². The summed E-state index contributed by atoms with van der Waals surface area (Å²) in [6.45, 7) is 0. The average molecular weight is 801 g/mol. The Morgan fingerprint density at radius 3 is 0.680 bits per heavy atom. The molecule has 6 aromatic carbocycles. The van der Waals surface area contributed by atoms with Gasteiger partial charge >= 0.3 is 27.0 Å². The van der Waals surface area contributed by atoms with Gasteiger partial charge in [-0.2, -0.15) is 6.08 Å². The summed E-state index contributed by atoms with van der Waals surface area (Å²) in [7, 11) is 3.68. The summed E-state index contributed by atoms with van der Waals surface area (Å²) in [5.41, 5.74) is 0. The minimum absolute atomic E-state index is 0. The molecule has 0 bridgehead atoms. The SMILES string of the molecule is [C-]1=CC=CC1.[CH3-].[CH3-].[CH3-].[CH3-].[CH3-].[Cl][Ru].c1ccc(P(c2ccccc2)c2ccccc2)cc1.c1ccc(P(c2ccccc2)c2ccccc2)cc1. The van der Waals surface area contributed by atoms with Crippen LogP contribution in [0.3, 0.4) is 0 Å². The third kappa shape index (κ3) is 15.6. The van der Waals surface area contributed by atoms with Gasteiger partial charge in [0, 0.05) is 0 Å². The molecule has 0 radical (unpaired) electrons. The minimum atomic E-state index is -0.446. The molecular formula is C46H50ClP2Ru-6. The Morgan fingerprint density at radius 2 is 0.560 bits per heavy atom. The fourth-order valence-corrected chi connectivity index (χ4v) is 9.31. The molecule has 265 valence electrons. The zero-order valence-electron chi connectivity index (χ0n) is 29.9. The monoisotopic (exact) mass is 801 g/mol. The summed E-state index contributed by atoms with van der Waals surface area (Å²) in [5.74, 6) is 0. The maximum atomic E-state index is 4.57. The molecule has 0 saturated carbocycles. The van der Waals surface area contributed by atoms with Crippen molar-refractivity contribution in [2.24, 2.45) is 0 Å². The Morgan fingerprint density at radius 1 is 0.360 bits per heavy atom. The Balaban J connectivity index is 0. The Labute approximate surface area is 322 Å². The molecule has 0 unspecified atom stereocenters. The van der Waals surface area contributed by atoms with Crippen molar-refractivity contribution < 1.29 is 17.3 Å². The van der Waals surface area contributed by atoms with Gasteiger partial charge in [-0.05, 0) is 47.7 Å². The normalized spacial score (nSPS) is 9.92.